The number of methoxy groups -OCH3 is 1. The summed E-state index contributed by atoms with van der Waals surface area (Å²) >= 11 is 0. The summed E-state index contributed by atoms with van der Waals surface area (Å²) in [5, 5.41) is 16.2. The number of carboxylic acids is 1. The van der Waals surface area contributed by atoms with Crippen molar-refractivity contribution in [1.82, 2.24) is 5.32 Å². The Morgan fingerprint density at radius 3 is 2.24 bits per heavy atom. The standard InChI is InChI=1S/C20H28N2O5S.C2H5NO2/c1-4-26-17-7-5-6-8-18(17)27-12-11-22-15(2)13-16-9-10-19(25-3)20(14-16)28(21,23)24;3-1-2(4)5/h5-10,14-15,22H,4,11-13H2,1-3H3,(H2,21,23,24);1,3H2,(H,4,5)/t15-;/m1./s1. The summed E-state index contributed by atoms with van der Waals surface area (Å²) in [6.45, 7) is 5.38. The van der Waals surface area contributed by atoms with Crippen molar-refractivity contribution in [2.24, 2.45) is 10.9 Å². The van der Waals surface area contributed by atoms with Crippen LogP contribution in [-0.2, 0) is 21.2 Å². The van der Waals surface area contributed by atoms with Gasteiger partial charge in [-0.1, -0.05) is 18.2 Å². The van der Waals surface area contributed by atoms with Gasteiger partial charge in [0.25, 0.3) is 0 Å². The van der Waals surface area contributed by atoms with Crippen molar-refractivity contribution in [3.8, 4) is 17.2 Å². The van der Waals surface area contributed by atoms with Gasteiger partial charge in [-0.15, -0.1) is 0 Å². The Bertz CT molecular complexity index is 984. The highest BCUT2D eigenvalue weighted by Gasteiger charge is 2.16. The van der Waals surface area contributed by atoms with Crippen molar-refractivity contribution in [3.63, 3.8) is 0 Å². The molecule has 0 heterocycles. The van der Waals surface area contributed by atoms with Crippen molar-refractivity contribution in [2.45, 2.75) is 31.2 Å². The van der Waals surface area contributed by atoms with Gasteiger partial charge in [0.2, 0.25) is 10.0 Å². The van der Waals surface area contributed by atoms with E-state index >= 15 is 0 Å². The molecule has 0 spiro atoms. The van der Waals surface area contributed by atoms with Gasteiger partial charge >= 0.3 is 5.97 Å². The largest absolute Gasteiger partial charge is 0.495 e. The zero-order valence-electron chi connectivity index (χ0n) is 19.1. The molecule has 1 atom stereocenters. The molecule has 0 bridgehead atoms. The van der Waals surface area contributed by atoms with Crippen molar-refractivity contribution in [2.75, 3.05) is 33.4 Å². The maximum Gasteiger partial charge on any atom is 0.317 e. The second kappa shape index (κ2) is 14.3. The molecule has 0 aromatic heterocycles. The molecule has 2 rings (SSSR count). The number of nitrogens with one attached hydrogen (secondary N) is 1. The lowest BCUT2D eigenvalue weighted by Gasteiger charge is -2.16. The van der Waals surface area contributed by atoms with Crippen LogP contribution in [0, 0.1) is 0 Å². The number of carbonyl (C=O) groups is 1. The molecule has 0 saturated carbocycles. The molecule has 0 unspecified atom stereocenters. The Balaban J connectivity index is 0.000000981. The van der Waals surface area contributed by atoms with Gasteiger partial charge in [0.15, 0.2) is 11.5 Å². The minimum Gasteiger partial charge on any atom is -0.495 e. The fourth-order valence-corrected chi connectivity index (χ4v) is 3.55. The molecule has 0 saturated heterocycles. The number of ether oxygens (including phenoxy) is 3. The van der Waals surface area contributed by atoms with Crippen LogP contribution in [0.2, 0.25) is 0 Å². The zero-order valence-corrected chi connectivity index (χ0v) is 19.9. The van der Waals surface area contributed by atoms with Crippen LogP contribution in [0.1, 0.15) is 19.4 Å². The number of carboxylic acid groups (broad SMARTS) is 1. The van der Waals surface area contributed by atoms with Crippen LogP contribution < -0.4 is 30.4 Å². The maximum atomic E-state index is 11.7. The summed E-state index contributed by atoms with van der Waals surface area (Å²) in [6.07, 6.45) is 0.641. The molecule has 2 aromatic carbocycles. The Morgan fingerprint density at radius 1 is 1.12 bits per heavy atom. The van der Waals surface area contributed by atoms with Gasteiger partial charge in [-0.05, 0) is 50.1 Å². The lowest BCUT2D eigenvalue weighted by molar-refractivity contribution is -0.135. The first-order chi connectivity index (χ1) is 15.6. The number of hydrogen-bond donors (Lipinski definition) is 4. The van der Waals surface area contributed by atoms with E-state index in [0.717, 1.165) is 11.3 Å². The quantitative estimate of drug-likeness (QED) is 0.326. The molecule has 0 amide bonds. The average molecular weight is 484 g/mol. The molecule has 10 nitrogen and oxygen atoms in total. The highest BCUT2D eigenvalue weighted by Crippen LogP contribution is 2.26. The Labute approximate surface area is 194 Å². The molecular weight excluding hydrogens is 450 g/mol. The van der Waals surface area contributed by atoms with Gasteiger partial charge in [-0.3, -0.25) is 4.79 Å². The Hall–Kier alpha value is -2.86. The first-order valence-corrected chi connectivity index (χ1v) is 11.9. The fourth-order valence-electron chi connectivity index (χ4n) is 2.81. The summed E-state index contributed by atoms with van der Waals surface area (Å²) < 4.78 is 39.9. The van der Waals surface area contributed by atoms with Gasteiger partial charge in [0.05, 0.1) is 20.3 Å². The molecule has 2 aromatic rings. The van der Waals surface area contributed by atoms with E-state index in [1.54, 1.807) is 12.1 Å². The molecule has 11 heteroatoms. The molecule has 0 aliphatic rings. The summed E-state index contributed by atoms with van der Waals surface area (Å²) in [5.41, 5.74) is 5.43. The number of para-hydroxylation sites is 2. The molecule has 6 N–H and O–H groups in total. The average Bonchev–Trinajstić information content (AvgIpc) is 2.77. The number of rotatable bonds is 12. The van der Waals surface area contributed by atoms with Gasteiger partial charge in [0, 0.05) is 12.6 Å². The van der Waals surface area contributed by atoms with Crippen LogP contribution in [-0.4, -0.2) is 58.9 Å². The van der Waals surface area contributed by atoms with E-state index in [1.165, 1.54) is 7.11 Å². The molecule has 184 valence electrons. The van der Waals surface area contributed by atoms with Crippen LogP contribution in [0.4, 0.5) is 0 Å². The van der Waals surface area contributed by atoms with Crippen LogP contribution >= 0.6 is 0 Å². The monoisotopic (exact) mass is 483 g/mol. The highest BCUT2D eigenvalue weighted by molar-refractivity contribution is 7.89. The van der Waals surface area contributed by atoms with Crippen LogP contribution in [0.5, 0.6) is 17.2 Å². The smallest absolute Gasteiger partial charge is 0.317 e. The van der Waals surface area contributed by atoms with Gasteiger partial charge in [0.1, 0.15) is 17.3 Å². The summed E-state index contributed by atoms with van der Waals surface area (Å²) in [6, 6.07) is 12.7. The van der Waals surface area contributed by atoms with E-state index in [9.17, 15) is 13.2 Å². The van der Waals surface area contributed by atoms with Crippen molar-refractivity contribution >= 4 is 16.0 Å². The normalized spacial score (nSPS) is 11.7. The third-order valence-corrected chi connectivity index (χ3v) is 5.18. The number of primary sulfonamides is 1. The summed E-state index contributed by atoms with van der Waals surface area (Å²) in [5.74, 6) is 0.719. The lowest BCUT2D eigenvalue weighted by Crippen LogP contribution is -2.32. The van der Waals surface area contributed by atoms with E-state index in [4.69, 9.17) is 24.5 Å². The number of aliphatic carboxylic acids is 1. The predicted molar refractivity (Wildman–Crippen MR) is 125 cm³/mol. The SMILES string of the molecule is CCOc1ccccc1OCCN[C@H](C)Cc1ccc(OC)c(S(N)(=O)=O)c1.NCC(=O)O. The van der Waals surface area contributed by atoms with Crippen LogP contribution in [0.15, 0.2) is 47.4 Å². The third kappa shape index (κ3) is 10.5. The van der Waals surface area contributed by atoms with E-state index in [2.05, 4.69) is 11.1 Å². The van der Waals surface area contributed by atoms with Gasteiger partial charge in [-0.2, -0.15) is 0 Å². The number of hydrogen-bond acceptors (Lipinski definition) is 8. The van der Waals surface area contributed by atoms with Gasteiger partial charge < -0.3 is 30.4 Å². The van der Waals surface area contributed by atoms with Crippen LogP contribution in [0.25, 0.3) is 0 Å². The number of sulfonamides is 1. The molecule has 0 aliphatic heterocycles. The van der Waals surface area contributed by atoms with E-state index in [-0.39, 0.29) is 23.2 Å². The van der Waals surface area contributed by atoms with Crippen molar-refractivity contribution in [3.05, 3.63) is 48.0 Å². The van der Waals surface area contributed by atoms with E-state index < -0.39 is 16.0 Å². The highest BCUT2D eigenvalue weighted by atomic mass is 32.2. The topological polar surface area (TPSA) is 163 Å². The summed E-state index contributed by atoms with van der Waals surface area (Å²) in [7, 11) is -2.43. The first kappa shape index (κ1) is 28.2. The Morgan fingerprint density at radius 2 is 1.73 bits per heavy atom. The molecular formula is C22H33N3O7S. The molecule has 0 aliphatic carbocycles. The van der Waals surface area contributed by atoms with E-state index in [0.29, 0.717) is 31.9 Å². The van der Waals surface area contributed by atoms with Crippen molar-refractivity contribution in [1.29, 1.82) is 0 Å². The minimum atomic E-state index is -3.84. The molecule has 0 radical (unpaired) electrons. The molecule has 0 fully saturated rings. The first-order valence-electron chi connectivity index (χ1n) is 10.3. The lowest BCUT2D eigenvalue weighted by atomic mass is 10.1. The predicted octanol–water partition coefficient (Wildman–Crippen LogP) is 1.37. The van der Waals surface area contributed by atoms with Crippen molar-refractivity contribution < 1.29 is 32.5 Å². The maximum absolute atomic E-state index is 11.7. The second-order valence-electron chi connectivity index (χ2n) is 6.92. The molecule has 33 heavy (non-hydrogen) atoms. The van der Waals surface area contributed by atoms with E-state index in [1.807, 2.05) is 44.2 Å². The number of benzene rings is 2. The zero-order chi connectivity index (χ0) is 24.9. The minimum absolute atomic E-state index is 0.00411. The second-order valence-corrected chi connectivity index (χ2v) is 8.45. The van der Waals surface area contributed by atoms with Crippen LogP contribution in [0.3, 0.4) is 0 Å². The summed E-state index contributed by atoms with van der Waals surface area (Å²) in [4.78, 5) is 9.24. The third-order valence-electron chi connectivity index (χ3n) is 4.25. The Kier molecular flexibility index (Phi) is 12.2. The number of nitrogens with two attached hydrogens (primary N) is 2. The fraction of sp³-hybridized carbons (Fsp3) is 0.409. The van der Waals surface area contributed by atoms with Gasteiger partial charge in [-0.25, -0.2) is 13.6 Å².